The van der Waals surface area contributed by atoms with Gasteiger partial charge in [-0.1, -0.05) is 38.3 Å². The van der Waals surface area contributed by atoms with Gasteiger partial charge in [-0.3, -0.25) is 4.79 Å². The van der Waals surface area contributed by atoms with Gasteiger partial charge in [0.2, 0.25) is 0 Å². The molecule has 0 spiro atoms. The van der Waals surface area contributed by atoms with Crippen molar-refractivity contribution in [3.63, 3.8) is 0 Å². The molecule has 114 valence electrons. The van der Waals surface area contributed by atoms with Crippen molar-refractivity contribution in [3.05, 3.63) is 29.8 Å². The lowest BCUT2D eigenvalue weighted by Gasteiger charge is -2.13. The molecule has 0 aliphatic heterocycles. The molecular weight excluding hydrogens is 264 g/mol. The standard InChI is InChI=1S/C18H24O3/c1-5-7-16(12-18(19)20-4)15-8-10-17(11-9-15)21-13-14(3)6-2/h8-11,14,16H,6,12-13H2,1-4H3/t14-,16+/m1/s1. The van der Waals surface area contributed by atoms with Crippen LogP contribution in [0.3, 0.4) is 0 Å². The van der Waals surface area contributed by atoms with Crippen LogP contribution in [0.25, 0.3) is 0 Å². The molecule has 0 unspecified atom stereocenters. The van der Waals surface area contributed by atoms with E-state index in [-0.39, 0.29) is 18.3 Å². The van der Waals surface area contributed by atoms with Crippen LogP contribution >= 0.6 is 0 Å². The number of benzene rings is 1. The van der Waals surface area contributed by atoms with E-state index in [9.17, 15) is 4.79 Å². The van der Waals surface area contributed by atoms with Crippen LogP contribution < -0.4 is 4.74 Å². The number of hydrogen-bond donors (Lipinski definition) is 0. The molecule has 0 heterocycles. The van der Waals surface area contributed by atoms with Crippen LogP contribution in [0.1, 0.15) is 45.1 Å². The van der Waals surface area contributed by atoms with Crippen LogP contribution in [0.15, 0.2) is 24.3 Å². The van der Waals surface area contributed by atoms with Gasteiger partial charge in [0.1, 0.15) is 5.75 Å². The Morgan fingerprint density at radius 2 is 1.95 bits per heavy atom. The normalized spacial score (nSPS) is 12.8. The Kier molecular flexibility index (Phi) is 7.39. The van der Waals surface area contributed by atoms with Gasteiger partial charge in [0.15, 0.2) is 0 Å². The van der Waals surface area contributed by atoms with E-state index in [1.807, 2.05) is 24.3 Å². The molecule has 0 radical (unpaired) electrons. The molecule has 0 aliphatic rings. The quantitative estimate of drug-likeness (QED) is 0.566. The topological polar surface area (TPSA) is 35.5 Å². The van der Waals surface area contributed by atoms with Crippen molar-refractivity contribution in [3.8, 4) is 17.6 Å². The highest BCUT2D eigenvalue weighted by Gasteiger charge is 2.14. The monoisotopic (exact) mass is 288 g/mol. The average molecular weight is 288 g/mol. The van der Waals surface area contributed by atoms with Gasteiger partial charge in [-0.25, -0.2) is 0 Å². The Balaban J connectivity index is 2.72. The van der Waals surface area contributed by atoms with Gasteiger partial charge >= 0.3 is 5.97 Å². The maximum Gasteiger partial charge on any atom is 0.307 e. The third-order valence-corrected chi connectivity index (χ3v) is 3.43. The lowest BCUT2D eigenvalue weighted by atomic mass is 9.96. The summed E-state index contributed by atoms with van der Waals surface area (Å²) in [5.74, 6) is 6.93. The van der Waals surface area contributed by atoms with Gasteiger partial charge in [-0.05, 0) is 30.5 Å². The summed E-state index contributed by atoms with van der Waals surface area (Å²) < 4.78 is 10.4. The molecule has 2 atom stereocenters. The summed E-state index contributed by atoms with van der Waals surface area (Å²) in [5.41, 5.74) is 1.01. The van der Waals surface area contributed by atoms with Gasteiger partial charge < -0.3 is 9.47 Å². The van der Waals surface area contributed by atoms with Crippen molar-refractivity contribution < 1.29 is 14.3 Å². The Hall–Kier alpha value is -1.95. The zero-order valence-corrected chi connectivity index (χ0v) is 13.3. The molecule has 1 aromatic rings. The molecule has 3 heteroatoms. The van der Waals surface area contributed by atoms with Gasteiger partial charge in [0, 0.05) is 0 Å². The molecular formula is C18H24O3. The summed E-state index contributed by atoms with van der Waals surface area (Å²) in [6.07, 6.45) is 1.37. The number of carbonyl (C=O) groups excluding carboxylic acids is 1. The average Bonchev–Trinajstić information content (AvgIpc) is 2.52. The number of methoxy groups -OCH3 is 1. The second-order valence-electron chi connectivity index (χ2n) is 5.12. The molecule has 0 saturated heterocycles. The Morgan fingerprint density at radius 3 is 2.48 bits per heavy atom. The molecule has 0 N–H and O–H groups in total. The van der Waals surface area contributed by atoms with Crippen molar-refractivity contribution >= 4 is 5.97 Å². The number of ether oxygens (including phenoxy) is 2. The minimum Gasteiger partial charge on any atom is -0.493 e. The fraction of sp³-hybridized carbons (Fsp3) is 0.500. The third kappa shape index (κ3) is 5.91. The summed E-state index contributed by atoms with van der Waals surface area (Å²) in [6, 6.07) is 7.78. The van der Waals surface area contributed by atoms with E-state index in [1.165, 1.54) is 7.11 Å². The van der Waals surface area contributed by atoms with E-state index in [0.29, 0.717) is 5.92 Å². The molecule has 1 rings (SSSR count). The predicted molar refractivity (Wildman–Crippen MR) is 84.2 cm³/mol. The summed E-state index contributed by atoms with van der Waals surface area (Å²) in [7, 11) is 1.39. The SMILES string of the molecule is CC#C[C@@H](CC(=O)OC)c1ccc(OC[C@H](C)CC)cc1. The zero-order valence-electron chi connectivity index (χ0n) is 13.3. The van der Waals surface area contributed by atoms with Crippen LogP contribution in [-0.2, 0) is 9.53 Å². The molecule has 21 heavy (non-hydrogen) atoms. The molecule has 0 saturated carbocycles. The van der Waals surface area contributed by atoms with Crippen molar-refractivity contribution in [2.75, 3.05) is 13.7 Å². The van der Waals surface area contributed by atoms with E-state index in [2.05, 4.69) is 25.7 Å². The lowest BCUT2D eigenvalue weighted by molar-refractivity contribution is -0.140. The first-order valence-electron chi connectivity index (χ1n) is 7.32. The minimum atomic E-state index is -0.250. The van der Waals surface area contributed by atoms with Crippen molar-refractivity contribution in [2.24, 2.45) is 5.92 Å². The van der Waals surface area contributed by atoms with Crippen LogP contribution in [0.5, 0.6) is 5.75 Å². The Bertz CT molecular complexity index is 493. The Labute approximate surface area is 127 Å². The van der Waals surface area contributed by atoms with Crippen molar-refractivity contribution in [1.82, 2.24) is 0 Å². The van der Waals surface area contributed by atoms with Crippen LogP contribution in [0.4, 0.5) is 0 Å². The third-order valence-electron chi connectivity index (χ3n) is 3.43. The van der Waals surface area contributed by atoms with E-state index < -0.39 is 0 Å². The van der Waals surface area contributed by atoms with Crippen LogP contribution in [0, 0.1) is 17.8 Å². The highest BCUT2D eigenvalue weighted by atomic mass is 16.5. The largest absolute Gasteiger partial charge is 0.493 e. The molecule has 0 aromatic heterocycles. The molecule has 0 bridgehead atoms. The number of hydrogen-bond acceptors (Lipinski definition) is 3. The highest BCUT2D eigenvalue weighted by molar-refractivity contribution is 5.71. The lowest BCUT2D eigenvalue weighted by Crippen LogP contribution is -2.08. The maximum atomic E-state index is 11.4. The zero-order chi connectivity index (χ0) is 15.7. The van der Waals surface area contributed by atoms with Gasteiger partial charge in [0.25, 0.3) is 0 Å². The molecule has 0 fully saturated rings. The summed E-state index contributed by atoms with van der Waals surface area (Å²) in [5, 5.41) is 0. The van der Waals surface area contributed by atoms with Gasteiger partial charge in [0.05, 0.1) is 26.1 Å². The summed E-state index contributed by atoms with van der Waals surface area (Å²) in [6.45, 7) is 6.81. The molecule has 0 amide bonds. The first-order valence-corrected chi connectivity index (χ1v) is 7.32. The number of rotatable bonds is 7. The van der Waals surface area contributed by atoms with Crippen molar-refractivity contribution in [1.29, 1.82) is 0 Å². The van der Waals surface area contributed by atoms with E-state index >= 15 is 0 Å². The van der Waals surface area contributed by atoms with E-state index in [0.717, 1.165) is 24.3 Å². The highest BCUT2D eigenvalue weighted by Crippen LogP contribution is 2.23. The predicted octanol–water partition coefficient (Wildman–Crippen LogP) is 3.78. The Morgan fingerprint density at radius 1 is 1.29 bits per heavy atom. The summed E-state index contributed by atoms with van der Waals surface area (Å²) in [4.78, 5) is 11.4. The maximum absolute atomic E-state index is 11.4. The molecule has 1 aromatic carbocycles. The number of esters is 1. The first kappa shape index (κ1) is 17.1. The minimum absolute atomic E-state index is 0.133. The number of carbonyl (C=O) groups is 1. The molecule has 0 aliphatic carbocycles. The van der Waals surface area contributed by atoms with Crippen molar-refractivity contribution in [2.45, 2.75) is 39.5 Å². The van der Waals surface area contributed by atoms with E-state index in [1.54, 1.807) is 6.92 Å². The van der Waals surface area contributed by atoms with E-state index in [4.69, 9.17) is 9.47 Å². The smallest absolute Gasteiger partial charge is 0.307 e. The van der Waals surface area contributed by atoms with Gasteiger partial charge in [-0.2, -0.15) is 0 Å². The molecule has 3 nitrogen and oxygen atoms in total. The fourth-order valence-corrected chi connectivity index (χ4v) is 1.83. The fourth-order valence-electron chi connectivity index (χ4n) is 1.83. The second kappa shape index (κ2) is 9.07. The summed E-state index contributed by atoms with van der Waals surface area (Å²) >= 11 is 0. The van der Waals surface area contributed by atoms with Crippen LogP contribution in [-0.4, -0.2) is 19.7 Å². The van der Waals surface area contributed by atoms with Crippen LogP contribution in [0.2, 0.25) is 0 Å². The van der Waals surface area contributed by atoms with Gasteiger partial charge in [-0.15, -0.1) is 5.92 Å². The first-order chi connectivity index (χ1) is 10.1. The second-order valence-corrected chi connectivity index (χ2v) is 5.12.